The Morgan fingerprint density at radius 2 is 2.10 bits per heavy atom. The Morgan fingerprint density at radius 1 is 1.30 bits per heavy atom. The highest BCUT2D eigenvalue weighted by Crippen LogP contribution is 2.26. The second-order valence-corrected chi connectivity index (χ2v) is 4.57. The molecule has 2 amide bonds. The first kappa shape index (κ1) is 14.1. The summed E-state index contributed by atoms with van der Waals surface area (Å²) < 4.78 is 5.43. The van der Waals surface area contributed by atoms with Crippen molar-refractivity contribution in [2.45, 2.75) is 13.3 Å². The molecule has 1 aromatic rings. The van der Waals surface area contributed by atoms with Crippen LogP contribution in [-0.2, 0) is 16.0 Å². The first-order chi connectivity index (χ1) is 9.65. The van der Waals surface area contributed by atoms with E-state index in [0.29, 0.717) is 13.1 Å². The second-order valence-electron chi connectivity index (χ2n) is 4.57. The van der Waals surface area contributed by atoms with Crippen molar-refractivity contribution in [3.8, 4) is 5.75 Å². The quantitative estimate of drug-likeness (QED) is 0.619. The van der Waals surface area contributed by atoms with Crippen molar-refractivity contribution in [2.24, 2.45) is 0 Å². The molecule has 0 bridgehead atoms. The molecular formula is C15H18N2O3. The first-order valence-corrected chi connectivity index (χ1v) is 6.61. The predicted molar refractivity (Wildman–Crippen MR) is 76.4 cm³/mol. The highest BCUT2D eigenvalue weighted by atomic mass is 16.5. The largest absolute Gasteiger partial charge is 0.493 e. The van der Waals surface area contributed by atoms with Crippen LogP contribution in [0.5, 0.6) is 5.75 Å². The molecule has 1 aromatic carbocycles. The number of nitrogens with one attached hydrogen (secondary N) is 2. The zero-order valence-corrected chi connectivity index (χ0v) is 11.4. The highest BCUT2D eigenvalue weighted by Gasteiger charge is 2.10. The smallest absolute Gasteiger partial charge is 0.244 e. The zero-order chi connectivity index (χ0) is 14.4. The third-order valence-corrected chi connectivity index (χ3v) is 2.94. The molecule has 5 heteroatoms. The Balaban J connectivity index is 1.80. The first-order valence-electron chi connectivity index (χ1n) is 6.61. The van der Waals surface area contributed by atoms with Crippen LogP contribution in [0.2, 0.25) is 0 Å². The molecule has 5 nitrogen and oxygen atoms in total. The van der Waals surface area contributed by atoms with Gasteiger partial charge in [-0.3, -0.25) is 9.59 Å². The molecule has 2 N–H and O–H groups in total. The minimum Gasteiger partial charge on any atom is -0.493 e. The molecule has 20 heavy (non-hydrogen) atoms. The van der Waals surface area contributed by atoms with Gasteiger partial charge in [-0.05, 0) is 29.3 Å². The fraction of sp³-hybridized carbons (Fsp3) is 0.333. The number of amides is 2. The van der Waals surface area contributed by atoms with Crippen LogP contribution in [0.25, 0.3) is 6.08 Å². The zero-order valence-electron chi connectivity index (χ0n) is 11.4. The monoisotopic (exact) mass is 274 g/mol. The van der Waals surface area contributed by atoms with Gasteiger partial charge in [0.15, 0.2) is 0 Å². The van der Waals surface area contributed by atoms with Crippen molar-refractivity contribution in [3.63, 3.8) is 0 Å². The van der Waals surface area contributed by atoms with E-state index in [1.807, 2.05) is 18.2 Å². The van der Waals surface area contributed by atoms with Gasteiger partial charge in [0.25, 0.3) is 0 Å². The van der Waals surface area contributed by atoms with Crippen molar-refractivity contribution in [1.29, 1.82) is 0 Å². The lowest BCUT2D eigenvalue weighted by molar-refractivity contribution is -0.119. The van der Waals surface area contributed by atoms with E-state index in [2.05, 4.69) is 10.6 Å². The van der Waals surface area contributed by atoms with E-state index in [0.717, 1.165) is 24.3 Å². The molecule has 0 saturated carbocycles. The van der Waals surface area contributed by atoms with Gasteiger partial charge in [-0.2, -0.15) is 0 Å². The van der Waals surface area contributed by atoms with Crippen LogP contribution in [0.1, 0.15) is 18.1 Å². The minimum atomic E-state index is -0.174. The number of carbonyl (C=O) groups is 2. The van der Waals surface area contributed by atoms with Crippen LogP contribution in [0.3, 0.4) is 0 Å². The van der Waals surface area contributed by atoms with Gasteiger partial charge in [-0.1, -0.05) is 6.07 Å². The molecule has 0 saturated heterocycles. The van der Waals surface area contributed by atoms with E-state index in [9.17, 15) is 9.59 Å². The molecule has 1 heterocycles. The maximum absolute atomic E-state index is 11.6. The van der Waals surface area contributed by atoms with Crippen molar-refractivity contribution < 1.29 is 14.3 Å². The summed E-state index contributed by atoms with van der Waals surface area (Å²) in [7, 11) is 0. The van der Waals surface area contributed by atoms with E-state index < -0.39 is 0 Å². The molecule has 0 atom stereocenters. The third kappa shape index (κ3) is 4.12. The summed E-state index contributed by atoms with van der Waals surface area (Å²) in [6.07, 6.45) is 4.18. The average Bonchev–Trinajstić information content (AvgIpc) is 2.88. The minimum absolute atomic E-state index is 0.102. The van der Waals surface area contributed by atoms with Gasteiger partial charge in [0, 0.05) is 32.5 Å². The fourth-order valence-electron chi connectivity index (χ4n) is 1.97. The summed E-state index contributed by atoms with van der Waals surface area (Å²) in [6, 6.07) is 5.88. The van der Waals surface area contributed by atoms with E-state index >= 15 is 0 Å². The van der Waals surface area contributed by atoms with Gasteiger partial charge in [-0.15, -0.1) is 0 Å². The number of carbonyl (C=O) groups excluding carboxylic acids is 2. The molecule has 2 rings (SSSR count). The van der Waals surface area contributed by atoms with Gasteiger partial charge in [0.05, 0.1) is 6.61 Å². The van der Waals surface area contributed by atoms with Crippen molar-refractivity contribution in [1.82, 2.24) is 10.6 Å². The Labute approximate surface area is 118 Å². The molecule has 106 valence electrons. The molecule has 1 aliphatic heterocycles. The van der Waals surface area contributed by atoms with Crippen LogP contribution in [-0.4, -0.2) is 31.5 Å². The van der Waals surface area contributed by atoms with Crippen molar-refractivity contribution in [3.05, 3.63) is 35.4 Å². The summed E-state index contributed by atoms with van der Waals surface area (Å²) >= 11 is 0. The fourth-order valence-corrected chi connectivity index (χ4v) is 1.97. The summed E-state index contributed by atoms with van der Waals surface area (Å²) in [5, 5.41) is 5.31. The van der Waals surface area contributed by atoms with Crippen LogP contribution in [0.4, 0.5) is 0 Å². The summed E-state index contributed by atoms with van der Waals surface area (Å²) in [6.45, 7) is 3.03. The van der Waals surface area contributed by atoms with Gasteiger partial charge in [-0.25, -0.2) is 0 Å². The van der Waals surface area contributed by atoms with Crippen LogP contribution >= 0.6 is 0 Å². The van der Waals surface area contributed by atoms with E-state index in [1.54, 1.807) is 6.08 Å². The van der Waals surface area contributed by atoms with Crippen LogP contribution in [0.15, 0.2) is 24.3 Å². The molecule has 1 aliphatic rings. The molecule has 0 aromatic heterocycles. The summed E-state index contributed by atoms with van der Waals surface area (Å²) in [5.41, 5.74) is 2.16. The van der Waals surface area contributed by atoms with Crippen LogP contribution in [0, 0.1) is 0 Å². The van der Waals surface area contributed by atoms with E-state index in [-0.39, 0.29) is 11.8 Å². The number of hydrogen-bond acceptors (Lipinski definition) is 3. The number of hydrogen-bond donors (Lipinski definition) is 2. The lowest BCUT2D eigenvalue weighted by Gasteiger charge is -2.03. The van der Waals surface area contributed by atoms with Crippen LogP contribution < -0.4 is 15.4 Å². The molecule has 0 aliphatic carbocycles. The van der Waals surface area contributed by atoms with Gasteiger partial charge in [0.1, 0.15) is 5.75 Å². The second kappa shape index (κ2) is 6.75. The highest BCUT2D eigenvalue weighted by molar-refractivity contribution is 5.91. The standard InChI is InChI=1S/C15H18N2O3/c1-11(18)16-7-8-17-15(19)5-3-12-2-4-14-13(10-12)6-9-20-14/h2-5,10H,6-9H2,1H3,(H,16,18)(H,17,19)/b5-3+. The Hall–Kier alpha value is -2.30. The number of fused-ring (bicyclic) bond motifs is 1. The van der Waals surface area contributed by atoms with Gasteiger partial charge in [0.2, 0.25) is 11.8 Å². The number of rotatable bonds is 5. The van der Waals surface area contributed by atoms with E-state index in [1.165, 1.54) is 18.6 Å². The normalized spacial score (nSPS) is 12.8. The summed E-state index contributed by atoms with van der Waals surface area (Å²) in [4.78, 5) is 22.2. The van der Waals surface area contributed by atoms with Crippen molar-refractivity contribution >= 4 is 17.9 Å². The Bertz CT molecular complexity index is 538. The maximum Gasteiger partial charge on any atom is 0.244 e. The summed E-state index contributed by atoms with van der Waals surface area (Å²) in [5.74, 6) is 0.657. The molecule has 0 spiro atoms. The maximum atomic E-state index is 11.6. The Kier molecular flexibility index (Phi) is 4.76. The Morgan fingerprint density at radius 3 is 2.90 bits per heavy atom. The molecule has 0 radical (unpaired) electrons. The topological polar surface area (TPSA) is 67.4 Å². The molecule has 0 fully saturated rings. The lowest BCUT2D eigenvalue weighted by Crippen LogP contribution is -2.32. The average molecular weight is 274 g/mol. The molecular weight excluding hydrogens is 256 g/mol. The number of ether oxygens (including phenoxy) is 1. The van der Waals surface area contributed by atoms with Crippen molar-refractivity contribution in [2.75, 3.05) is 19.7 Å². The SMILES string of the molecule is CC(=O)NCCNC(=O)/C=C/c1ccc2c(c1)CCO2. The molecule has 0 unspecified atom stereocenters. The number of benzene rings is 1. The predicted octanol–water partition coefficient (Wildman–Crippen LogP) is 0.887. The van der Waals surface area contributed by atoms with E-state index in [4.69, 9.17) is 4.74 Å². The third-order valence-electron chi connectivity index (χ3n) is 2.94. The van der Waals surface area contributed by atoms with Gasteiger partial charge >= 0.3 is 0 Å². The lowest BCUT2D eigenvalue weighted by atomic mass is 10.1. The van der Waals surface area contributed by atoms with Gasteiger partial charge < -0.3 is 15.4 Å².